The van der Waals surface area contributed by atoms with Crippen LogP contribution in [0.3, 0.4) is 0 Å². The number of hydrogen-bond acceptors (Lipinski definition) is 3. The molecule has 0 unspecified atom stereocenters. The largest absolute Gasteiger partial charge is 0.393 e. The molecule has 5 nitrogen and oxygen atoms in total. The van der Waals surface area contributed by atoms with Gasteiger partial charge in [-0.05, 0) is 18.8 Å². The molecule has 0 spiro atoms. The van der Waals surface area contributed by atoms with E-state index in [1.165, 1.54) is 11.8 Å². The first-order valence-corrected chi connectivity index (χ1v) is 5.54. The predicted octanol–water partition coefficient (Wildman–Crippen LogP) is -0.306. The van der Waals surface area contributed by atoms with Gasteiger partial charge in [-0.2, -0.15) is 0 Å². The number of likely N-dealkylation sites (N-methyl/N-ethyl adjacent to an activating group) is 2. The SMILES string of the molecule is CC(=O)N(C)CC(=O)N(C)CC1CC(O)C1. The van der Waals surface area contributed by atoms with Crippen molar-refractivity contribution in [3.63, 3.8) is 0 Å². The van der Waals surface area contributed by atoms with Crippen LogP contribution in [0, 0.1) is 5.92 Å². The Kier molecular flexibility index (Phi) is 4.29. The molecule has 16 heavy (non-hydrogen) atoms. The van der Waals surface area contributed by atoms with Crippen LogP contribution in [0.5, 0.6) is 0 Å². The normalized spacial score (nSPS) is 23.5. The Morgan fingerprint density at radius 1 is 1.25 bits per heavy atom. The molecule has 0 atom stereocenters. The second-order valence-electron chi connectivity index (χ2n) is 4.64. The Labute approximate surface area is 96.0 Å². The van der Waals surface area contributed by atoms with Gasteiger partial charge in [0.2, 0.25) is 11.8 Å². The van der Waals surface area contributed by atoms with Gasteiger partial charge in [0.05, 0.1) is 12.6 Å². The van der Waals surface area contributed by atoms with Crippen molar-refractivity contribution >= 4 is 11.8 Å². The summed E-state index contributed by atoms with van der Waals surface area (Å²) in [6, 6.07) is 0. The fourth-order valence-corrected chi connectivity index (χ4v) is 1.77. The van der Waals surface area contributed by atoms with Crippen molar-refractivity contribution in [3.8, 4) is 0 Å². The molecule has 1 rings (SSSR count). The highest BCUT2D eigenvalue weighted by Gasteiger charge is 2.29. The lowest BCUT2D eigenvalue weighted by atomic mass is 9.82. The molecule has 0 aromatic carbocycles. The summed E-state index contributed by atoms with van der Waals surface area (Å²) >= 11 is 0. The first kappa shape index (κ1) is 13.0. The van der Waals surface area contributed by atoms with Gasteiger partial charge in [0, 0.05) is 27.6 Å². The van der Waals surface area contributed by atoms with E-state index in [1.54, 1.807) is 19.0 Å². The topological polar surface area (TPSA) is 60.9 Å². The van der Waals surface area contributed by atoms with Gasteiger partial charge in [-0.3, -0.25) is 9.59 Å². The molecule has 0 aliphatic heterocycles. The standard InChI is InChI=1S/C11H20N2O3/c1-8(14)12(2)7-11(16)13(3)6-9-4-10(15)5-9/h9-10,15H,4-7H2,1-3H3. The zero-order valence-corrected chi connectivity index (χ0v) is 10.1. The van der Waals surface area contributed by atoms with Gasteiger partial charge >= 0.3 is 0 Å². The number of aliphatic hydroxyl groups excluding tert-OH is 1. The quantitative estimate of drug-likeness (QED) is 0.718. The Hall–Kier alpha value is -1.10. The van der Waals surface area contributed by atoms with Gasteiger partial charge < -0.3 is 14.9 Å². The van der Waals surface area contributed by atoms with Crippen molar-refractivity contribution in [3.05, 3.63) is 0 Å². The fraction of sp³-hybridized carbons (Fsp3) is 0.818. The minimum Gasteiger partial charge on any atom is -0.393 e. The van der Waals surface area contributed by atoms with E-state index in [9.17, 15) is 9.59 Å². The monoisotopic (exact) mass is 228 g/mol. The van der Waals surface area contributed by atoms with Crippen molar-refractivity contribution in [2.24, 2.45) is 5.92 Å². The smallest absolute Gasteiger partial charge is 0.241 e. The third-order valence-corrected chi connectivity index (χ3v) is 3.08. The van der Waals surface area contributed by atoms with E-state index in [0.717, 1.165) is 12.8 Å². The molecule has 0 radical (unpaired) electrons. The summed E-state index contributed by atoms with van der Waals surface area (Å²) in [5.74, 6) is 0.242. The molecular weight excluding hydrogens is 208 g/mol. The van der Waals surface area contributed by atoms with E-state index in [1.807, 2.05) is 0 Å². The molecule has 1 aliphatic rings. The molecule has 0 aromatic heterocycles. The van der Waals surface area contributed by atoms with Crippen LogP contribution in [0.1, 0.15) is 19.8 Å². The maximum absolute atomic E-state index is 11.7. The highest BCUT2D eigenvalue weighted by Crippen LogP contribution is 2.27. The Morgan fingerprint density at radius 2 is 1.81 bits per heavy atom. The molecule has 1 aliphatic carbocycles. The maximum atomic E-state index is 11.7. The molecule has 0 aromatic rings. The zero-order chi connectivity index (χ0) is 12.3. The summed E-state index contributed by atoms with van der Waals surface area (Å²) in [5, 5.41) is 9.13. The second kappa shape index (κ2) is 5.30. The first-order chi connectivity index (χ1) is 7.40. The number of carbonyl (C=O) groups is 2. The first-order valence-electron chi connectivity index (χ1n) is 5.54. The van der Waals surface area contributed by atoms with Crippen LogP contribution in [0.15, 0.2) is 0 Å². The van der Waals surface area contributed by atoms with Crippen LogP contribution < -0.4 is 0 Å². The van der Waals surface area contributed by atoms with Crippen molar-refractivity contribution in [2.75, 3.05) is 27.2 Å². The molecule has 5 heteroatoms. The molecule has 0 saturated heterocycles. The third-order valence-electron chi connectivity index (χ3n) is 3.08. The lowest BCUT2D eigenvalue weighted by Crippen LogP contribution is -2.43. The highest BCUT2D eigenvalue weighted by molar-refractivity contribution is 5.83. The summed E-state index contributed by atoms with van der Waals surface area (Å²) in [4.78, 5) is 25.7. The van der Waals surface area contributed by atoms with Gasteiger partial charge in [-0.1, -0.05) is 0 Å². The number of rotatable bonds is 4. The summed E-state index contributed by atoms with van der Waals surface area (Å²) in [6.45, 7) is 2.23. The lowest BCUT2D eigenvalue weighted by Gasteiger charge is -2.34. The van der Waals surface area contributed by atoms with Gasteiger partial charge in [-0.25, -0.2) is 0 Å². The van der Waals surface area contributed by atoms with E-state index >= 15 is 0 Å². The van der Waals surface area contributed by atoms with Gasteiger partial charge in [0.15, 0.2) is 0 Å². The number of aliphatic hydroxyl groups is 1. The molecule has 1 fully saturated rings. The van der Waals surface area contributed by atoms with Crippen molar-refractivity contribution < 1.29 is 14.7 Å². The second-order valence-corrected chi connectivity index (χ2v) is 4.64. The van der Waals surface area contributed by atoms with Crippen LogP contribution >= 0.6 is 0 Å². The van der Waals surface area contributed by atoms with Crippen molar-refractivity contribution in [1.82, 2.24) is 9.80 Å². The minimum atomic E-state index is -0.187. The minimum absolute atomic E-state index is 0.0564. The third kappa shape index (κ3) is 3.48. The zero-order valence-electron chi connectivity index (χ0n) is 10.1. The highest BCUT2D eigenvalue weighted by atomic mass is 16.3. The maximum Gasteiger partial charge on any atom is 0.241 e. The van der Waals surface area contributed by atoms with Gasteiger partial charge in [0.1, 0.15) is 0 Å². The number of carbonyl (C=O) groups excluding carboxylic acids is 2. The van der Waals surface area contributed by atoms with Crippen molar-refractivity contribution in [2.45, 2.75) is 25.9 Å². The van der Waals surface area contributed by atoms with E-state index < -0.39 is 0 Å². The number of hydrogen-bond donors (Lipinski definition) is 1. The fourth-order valence-electron chi connectivity index (χ4n) is 1.77. The molecule has 2 amide bonds. The van der Waals surface area contributed by atoms with Crippen LogP contribution in [0.25, 0.3) is 0 Å². The molecular formula is C11H20N2O3. The molecule has 92 valence electrons. The Bertz CT molecular complexity index is 274. The van der Waals surface area contributed by atoms with Gasteiger partial charge in [-0.15, -0.1) is 0 Å². The summed E-state index contributed by atoms with van der Waals surface area (Å²) in [5.41, 5.74) is 0. The predicted molar refractivity (Wildman–Crippen MR) is 59.7 cm³/mol. The molecule has 1 saturated carbocycles. The van der Waals surface area contributed by atoms with Crippen LogP contribution in [0.4, 0.5) is 0 Å². The molecule has 0 heterocycles. The Balaban J connectivity index is 2.28. The Morgan fingerprint density at radius 3 is 2.25 bits per heavy atom. The van der Waals surface area contributed by atoms with Crippen LogP contribution in [-0.2, 0) is 9.59 Å². The van der Waals surface area contributed by atoms with E-state index in [0.29, 0.717) is 12.5 Å². The van der Waals surface area contributed by atoms with Gasteiger partial charge in [0.25, 0.3) is 0 Å². The van der Waals surface area contributed by atoms with E-state index in [2.05, 4.69) is 0 Å². The number of amides is 2. The van der Waals surface area contributed by atoms with Crippen molar-refractivity contribution in [1.29, 1.82) is 0 Å². The molecule has 1 N–H and O–H groups in total. The summed E-state index contributed by atoms with van der Waals surface area (Å²) in [6.07, 6.45) is 1.37. The van der Waals surface area contributed by atoms with E-state index in [-0.39, 0.29) is 24.5 Å². The van der Waals surface area contributed by atoms with Crippen LogP contribution in [-0.4, -0.2) is 60.0 Å². The number of nitrogens with zero attached hydrogens (tertiary/aromatic N) is 2. The lowest BCUT2D eigenvalue weighted by molar-refractivity contribution is -0.138. The average molecular weight is 228 g/mol. The van der Waals surface area contributed by atoms with E-state index in [4.69, 9.17) is 5.11 Å². The molecule has 0 bridgehead atoms. The average Bonchev–Trinajstić information content (AvgIpc) is 2.14. The summed E-state index contributed by atoms with van der Waals surface area (Å²) in [7, 11) is 3.35. The van der Waals surface area contributed by atoms with Crippen LogP contribution in [0.2, 0.25) is 0 Å². The summed E-state index contributed by atoms with van der Waals surface area (Å²) < 4.78 is 0.